The third-order valence-electron chi connectivity index (χ3n) is 3.25. The van der Waals surface area contributed by atoms with Crippen molar-refractivity contribution in [1.82, 2.24) is 4.90 Å². The lowest BCUT2D eigenvalue weighted by Gasteiger charge is -2.12. The van der Waals surface area contributed by atoms with E-state index in [2.05, 4.69) is 19.1 Å². The monoisotopic (exact) mass is 257 g/mol. The summed E-state index contributed by atoms with van der Waals surface area (Å²) in [5, 5.41) is 0. The molecule has 0 bridgehead atoms. The molecule has 0 aliphatic carbocycles. The Labute approximate surface area is 113 Å². The van der Waals surface area contributed by atoms with E-state index in [-0.39, 0.29) is 11.8 Å². The Bertz CT molecular complexity index is 470. The number of nitrogens with zero attached hydrogens (tertiary/aromatic N) is 1. The molecule has 0 radical (unpaired) electrons. The van der Waals surface area contributed by atoms with Crippen LogP contribution < -0.4 is 0 Å². The zero-order valence-electron chi connectivity index (χ0n) is 11.3. The van der Waals surface area contributed by atoms with Gasteiger partial charge in [0.25, 0.3) is 11.8 Å². The van der Waals surface area contributed by atoms with Crippen LogP contribution in [0.2, 0.25) is 0 Å². The predicted octanol–water partition coefficient (Wildman–Crippen LogP) is 3.42. The SMILES string of the molecule is CCCC=CCCCN1C(=O)c2ccccc2C1=O. The van der Waals surface area contributed by atoms with Crippen molar-refractivity contribution in [2.75, 3.05) is 6.54 Å². The first-order chi connectivity index (χ1) is 9.25. The molecule has 1 heterocycles. The van der Waals surface area contributed by atoms with Crippen molar-refractivity contribution in [3.63, 3.8) is 0 Å². The van der Waals surface area contributed by atoms with E-state index in [9.17, 15) is 9.59 Å². The van der Waals surface area contributed by atoms with Crippen LogP contribution in [0.4, 0.5) is 0 Å². The highest BCUT2D eigenvalue weighted by Gasteiger charge is 2.34. The third kappa shape index (κ3) is 2.92. The van der Waals surface area contributed by atoms with Gasteiger partial charge in [-0.25, -0.2) is 0 Å². The van der Waals surface area contributed by atoms with E-state index in [4.69, 9.17) is 0 Å². The normalized spacial score (nSPS) is 14.5. The van der Waals surface area contributed by atoms with E-state index in [0.29, 0.717) is 17.7 Å². The van der Waals surface area contributed by atoms with Crippen molar-refractivity contribution in [3.8, 4) is 0 Å². The summed E-state index contributed by atoms with van der Waals surface area (Å²) < 4.78 is 0. The minimum absolute atomic E-state index is 0.155. The van der Waals surface area contributed by atoms with Crippen LogP contribution in [-0.2, 0) is 0 Å². The lowest BCUT2D eigenvalue weighted by Crippen LogP contribution is -2.30. The van der Waals surface area contributed by atoms with Gasteiger partial charge in [-0.15, -0.1) is 0 Å². The Morgan fingerprint density at radius 2 is 1.58 bits per heavy atom. The maximum Gasteiger partial charge on any atom is 0.261 e. The van der Waals surface area contributed by atoms with Gasteiger partial charge in [0.1, 0.15) is 0 Å². The van der Waals surface area contributed by atoms with Gasteiger partial charge in [0, 0.05) is 6.54 Å². The van der Waals surface area contributed by atoms with Crippen LogP contribution in [0, 0.1) is 0 Å². The number of hydrogen-bond acceptors (Lipinski definition) is 2. The molecule has 0 N–H and O–H groups in total. The van der Waals surface area contributed by atoms with Crippen LogP contribution >= 0.6 is 0 Å². The fourth-order valence-corrected chi connectivity index (χ4v) is 2.21. The van der Waals surface area contributed by atoms with Gasteiger partial charge in [0.05, 0.1) is 11.1 Å². The second-order valence-corrected chi connectivity index (χ2v) is 4.71. The van der Waals surface area contributed by atoms with Gasteiger partial charge < -0.3 is 0 Å². The summed E-state index contributed by atoms with van der Waals surface area (Å²) in [6, 6.07) is 7.02. The number of carbonyl (C=O) groups excluding carboxylic acids is 2. The lowest BCUT2D eigenvalue weighted by atomic mass is 10.1. The van der Waals surface area contributed by atoms with E-state index >= 15 is 0 Å². The number of allylic oxidation sites excluding steroid dienone is 2. The second kappa shape index (κ2) is 6.32. The molecule has 0 aromatic heterocycles. The van der Waals surface area contributed by atoms with Gasteiger partial charge in [-0.2, -0.15) is 0 Å². The Balaban J connectivity index is 1.90. The molecular formula is C16H19NO2. The number of unbranched alkanes of at least 4 members (excludes halogenated alkanes) is 2. The summed E-state index contributed by atoms with van der Waals surface area (Å²) in [6.45, 7) is 2.64. The lowest BCUT2D eigenvalue weighted by molar-refractivity contribution is 0.0653. The average molecular weight is 257 g/mol. The summed E-state index contributed by atoms with van der Waals surface area (Å²) in [6.07, 6.45) is 8.26. The Morgan fingerprint density at radius 1 is 1.00 bits per heavy atom. The standard InChI is InChI=1S/C16H19NO2/c1-2-3-4-5-6-9-12-17-15(18)13-10-7-8-11-14(13)16(17)19/h4-5,7-8,10-11H,2-3,6,9,12H2,1H3. The third-order valence-corrected chi connectivity index (χ3v) is 3.25. The molecule has 3 heteroatoms. The second-order valence-electron chi connectivity index (χ2n) is 4.71. The Kier molecular flexibility index (Phi) is 4.50. The number of imide groups is 1. The van der Waals surface area contributed by atoms with Crippen molar-refractivity contribution < 1.29 is 9.59 Å². The minimum atomic E-state index is -0.155. The molecule has 1 aliphatic heterocycles. The first kappa shape index (κ1) is 13.5. The van der Waals surface area contributed by atoms with E-state index < -0.39 is 0 Å². The summed E-state index contributed by atoms with van der Waals surface area (Å²) in [5.74, 6) is -0.309. The number of fused-ring (bicyclic) bond motifs is 1. The number of benzene rings is 1. The fourth-order valence-electron chi connectivity index (χ4n) is 2.21. The van der Waals surface area contributed by atoms with E-state index in [1.54, 1.807) is 24.3 Å². The number of hydrogen-bond donors (Lipinski definition) is 0. The van der Waals surface area contributed by atoms with Crippen molar-refractivity contribution in [2.45, 2.75) is 32.6 Å². The molecule has 0 unspecified atom stereocenters. The molecule has 2 rings (SSSR count). The molecule has 19 heavy (non-hydrogen) atoms. The highest BCUT2D eigenvalue weighted by molar-refractivity contribution is 6.21. The smallest absolute Gasteiger partial charge is 0.261 e. The molecule has 1 aromatic rings. The highest BCUT2D eigenvalue weighted by atomic mass is 16.2. The maximum atomic E-state index is 12.1. The number of amides is 2. The quantitative estimate of drug-likeness (QED) is 0.445. The largest absolute Gasteiger partial charge is 0.274 e. The zero-order chi connectivity index (χ0) is 13.7. The van der Waals surface area contributed by atoms with Crippen molar-refractivity contribution in [2.24, 2.45) is 0 Å². The first-order valence-electron chi connectivity index (χ1n) is 6.86. The minimum Gasteiger partial charge on any atom is -0.274 e. The molecule has 100 valence electrons. The number of rotatable bonds is 6. The Hall–Kier alpha value is -1.90. The van der Waals surface area contributed by atoms with Gasteiger partial charge in [-0.1, -0.05) is 37.6 Å². The number of carbonyl (C=O) groups is 2. The van der Waals surface area contributed by atoms with Crippen molar-refractivity contribution in [1.29, 1.82) is 0 Å². The van der Waals surface area contributed by atoms with Crippen LogP contribution in [0.1, 0.15) is 53.3 Å². The average Bonchev–Trinajstić information content (AvgIpc) is 2.68. The van der Waals surface area contributed by atoms with Crippen LogP contribution in [0.5, 0.6) is 0 Å². The summed E-state index contributed by atoms with van der Waals surface area (Å²) in [4.78, 5) is 25.5. The van der Waals surface area contributed by atoms with E-state index in [0.717, 1.165) is 25.7 Å². The van der Waals surface area contributed by atoms with Crippen LogP contribution in [0.25, 0.3) is 0 Å². The van der Waals surface area contributed by atoms with E-state index in [1.807, 2.05) is 0 Å². The molecular weight excluding hydrogens is 238 g/mol. The van der Waals surface area contributed by atoms with Crippen LogP contribution in [0.3, 0.4) is 0 Å². The predicted molar refractivity (Wildman–Crippen MR) is 75.1 cm³/mol. The molecule has 0 saturated carbocycles. The maximum absolute atomic E-state index is 12.1. The van der Waals surface area contributed by atoms with Gasteiger partial charge >= 0.3 is 0 Å². The highest BCUT2D eigenvalue weighted by Crippen LogP contribution is 2.22. The summed E-state index contributed by atoms with van der Waals surface area (Å²) in [7, 11) is 0. The van der Waals surface area contributed by atoms with E-state index in [1.165, 1.54) is 4.90 Å². The molecule has 3 nitrogen and oxygen atoms in total. The van der Waals surface area contributed by atoms with Crippen LogP contribution in [-0.4, -0.2) is 23.3 Å². The van der Waals surface area contributed by atoms with Crippen molar-refractivity contribution >= 4 is 11.8 Å². The van der Waals surface area contributed by atoms with Gasteiger partial charge in [0.15, 0.2) is 0 Å². The molecule has 1 aromatic carbocycles. The first-order valence-corrected chi connectivity index (χ1v) is 6.86. The summed E-state index contributed by atoms with van der Waals surface area (Å²) in [5.41, 5.74) is 1.07. The van der Waals surface area contributed by atoms with Gasteiger partial charge in [-0.05, 0) is 31.4 Å². The van der Waals surface area contributed by atoms with Crippen LogP contribution in [0.15, 0.2) is 36.4 Å². The van der Waals surface area contributed by atoms with Gasteiger partial charge in [0.2, 0.25) is 0 Å². The molecule has 0 fully saturated rings. The van der Waals surface area contributed by atoms with Gasteiger partial charge in [-0.3, -0.25) is 14.5 Å². The molecule has 2 amide bonds. The zero-order valence-corrected chi connectivity index (χ0v) is 11.3. The molecule has 1 aliphatic rings. The molecule has 0 saturated heterocycles. The van der Waals surface area contributed by atoms with Crippen molar-refractivity contribution in [3.05, 3.63) is 47.5 Å². The molecule has 0 atom stereocenters. The Morgan fingerprint density at radius 3 is 2.16 bits per heavy atom. The topological polar surface area (TPSA) is 37.4 Å². The molecule has 0 spiro atoms. The summed E-state index contributed by atoms with van der Waals surface area (Å²) >= 11 is 0. The fraction of sp³-hybridized carbons (Fsp3) is 0.375.